The first kappa shape index (κ1) is 32.0. The van der Waals surface area contributed by atoms with Crippen LogP contribution in [0.15, 0.2) is 72.4 Å². The Morgan fingerprint density at radius 2 is 1.64 bits per heavy atom. The number of carbonyl (C=O) groups is 2. The molecule has 5 rings (SSSR count). The number of carbonyl (C=O) groups excluding carboxylic acids is 2. The third-order valence-corrected chi connectivity index (χ3v) is 8.12. The standard InChI is InChI=1S/C35H41N3O7/c1-24(39)38-20-28-18-29(30(31(21-38)37-28)23-45-35(40)17-25-9-4-6-11-32(25)41-2)26-13-14-34(36-19-26)44-16-8-15-43-22-27-10-5-7-12-33(27)42-3/h4-7,9-14,19,28,31,37H,8,15-18,20-23H2,1-3H3/t28-,31-/m1/s1. The number of fused-ring (bicyclic) bond motifs is 2. The van der Waals surface area contributed by atoms with Crippen molar-refractivity contribution in [3.8, 4) is 17.4 Å². The third-order valence-electron chi connectivity index (χ3n) is 8.12. The number of hydrogen-bond acceptors (Lipinski definition) is 9. The number of ether oxygens (including phenoxy) is 5. The highest BCUT2D eigenvalue weighted by molar-refractivity contribution is 5.77. The Balaban J connectivity index is 1.20. The molecule has 2 bridgehead atoms. The van der Waals surface area contributed by atoms with Crippen molar-refractivity contribution in [3.05, 3.63) is 89.1 Å². The number of pyridine rings is 1. The molecule has 1 N–H and O–H groups in total. The zero-order valence-electron chi connectivity index (χ0n) is 26.1. The average molecular weight is 616 g/mol. The van der Waals surface area contributed by atoms with Gasteiger partial charge >= 0.3 is 5.97 Å². The highest BCUT2D eigenvalue weighted by Gasteiger charge is 2.37. The molecule has 10 nitrogen and oxygen atoms in total. The van der Waals surface area contributed by atoms with Crippen LogP contribution in [0.4, 0.5) is 0 Å². The summed E-state index contributed by atoms with van der Waals surface area (Å²) in [7, 11) is 3.24. The zero-order chi connectivity index (χ0) is 31.6. The van der Waals surface area contributed by atoms with Crippen molar-refractivity contribution in [2.45, 2.75) is 44.9 Å². The summed E-state index contributed by atoms with van der Waals surface area (Å²) in [6.45, 7) is 4.36. The molecule has 10 heteroatoms. The molecule has 0 unspecified atom stereocenters. The van der Waals surface area contributed by atoms with Crippen LogP contribution in [0.25, 0.3) is 5.57 Å². The van der Waals surface area contributed by atoms with Crippen LogP contribution in [0, 0.1) is 0 Å². The van der Waals surface area contributed by atoms with Gasteiger partial charge in [0.25, 0.3) is 0 Å². The van der Waals surface area contributed by atoms with Crippen molar-refractivity contribution in [1.82, 2.24) is 15.2 Å². The molecule has 2 aliphatic heterocycles. The minimum atomic E-state index is -0.346. The highest BCUT2D eigenvalue weighted by atomic mass is 16.5. The number of rotatable bonds is 14. The second-order valence-electron chi connectivity index (χ2n) is 11.1. The molecule has 0 radical (unpaired) electrons. The number of benzene rings is 2. The number of methoxy groups -OCH3 is 2. The molecule has 2 atom stereocenters. The molecule has 1 fully saturated rings. The quantitative estimate of drug-likeness (QED) is 0.211. The van der Waals surface area contributed by atoms with Gasteiger partial charge in [-0.1, -0.05) is 36.4 Å². The van der Waals surface area contributed by atoms with Gasteiger partial charge in [-0.2, -0.15) is 0 Å². The van der Waals surface area contributed by atoms with Crippen LogP contribution in [-0.4, -0.2) is 81.0 Å². The molecule has 238 valence electrons. The van der Waals surface area contributed by atoms with Gasteiger partial charge in [0.1, 0.15) is 18.1 Å². The van der Waals surface area contributed by atoms with Gasteiger partial charge in [0.15, 0.2) is 0 Å². The third kappa shape index (κ3) is 8.40. The molecule has 45 heavy (non-hydrogen) atoms. The summed E-state index contributed by atoms with van der Waals surface area (Å²) in [5.41, 5.74) is 4.76. The fraction of sp³-hybridized carbons (Fsp3) is 0.400. The van der Waals surface area contributed by atoms with Gasteiger partial charge in [-0.05, 0) is 41.3 Å². The molecule has 1 aromatic heterocycles. The Bertz CT molecular complexity index is 1490. The SMILES string of the molecule is COc1ccccc1COCCCOc1ccc(C2=C(COC(=O)Cc3ccccc3OC)[C@H]3CN(C(C)=O)C[C@@H](C2)N3)cn1. The Morgan fingerprint density at radius 1 is 0.911 bits per heavy atom. The number of aromatic nitrogens is 1. The maximum Gasteiger partial charge on any atom is 0.310 e. The van der Waals surface area contributed by atoms with Crippen molar-refractivity contribution < 1.29 is 33.3 Å². The summed E-state index contributed by atoms with van der Waals surface area (Å²) in [6, 6.07) is 19.1. The van der Waals surface area contributed by atoms with Gasteiger partial charge in [-0.15, -0.1) is 0 Å². The van der Waals surface area contributed by atoms with Gasteiger partial charge < -0.3 is 33.9 Å². The Kier molecular flexibility index (Phi) is 11.1. The molecule has 0 spiro atoms. The summed E-state index contributed by atoms with van der Waals surface area (Å²) >= 11 is 0. The van der Waals surface area contributed by atoms with Crippen molar-refractivity contribution in [3.63, 3.8) is 0 Å². The van der Waals surface area contributed by atoms with Gasteiger partial charge in [-0.3, -0.25) is 9.59 Å². The summed E-state index contributed by atoms with van der Waals surface area (Å²) in [5, 5.41) is 3.62. The number of hydrogen-bond donors (Lipinski definition) is 1. The molecule has 2 aromatic carbocycles. The topological polar surface area (TPSA) is 108 Å². The van der Waals surface area contributed by atoms with Gasteiger partial charge in [-0.25, -0.2) is 4.98 Å². The second kappa shape index (κ2) is 15.5. The van der Waals surface area contributed by atoms with Crippen LogP contribution < -0.4 is 19.5 Å². The minimum absolute atomic E-state index is 0.0378. The molecule has 1 saturated heterocycles. The van der Waals surface area contributed by atoms with Crippen LogP contribution in [0.1, 0.15) is 36.5 Å². The van der Waals surface area contributed by atoms with Crippen LogP contribution in [0.3, 0.4) is 0 Å². The Hall–Kier alpha value is -4.41. The van der Waals surface area contributed by atoms with Gasteiger partial charge in [0.2, 0.25) is 11.8 Å². The van der Waals surface area contributed by atoms with Crippen LogP contribution in [0.5, 0.6) is 17.4 Å². The van der Waals surface area contributed by atoms with Gasteiger partial charge in [0.05, 0.1) is 46.5 Å². The lowest BCUT2D eigenvalue weighted by Crippen LogP contribution is -2.60. The number of esters is 1. The van der Waals surface area contributed by atoms with E-state index in [1.807, 2.05) is 71.8 Å². The van der Waals surface area contributed by atoms with E-state index in [2.05, 4.69) is 10.3 Å². The first-order valence-electron chi connectivity index (χ1n) is 15.2. The van der Waals surface area contributed by atoms with Crippen LogP contribution in [0.2, 0.25) is 0 Å². The van der Waals surface area contributed by atoms with E-state index in [4.69, 9.17) is 23.7 Å². The van der Waals surface area contributed by atoms with E-state index >= 15 is 0 Å². The lowest BCUT2D eigenvalue weighted by atomic mass is 9.84. The minimum Gasteiger partial charge on any atom is -0.496 e. The number of amides is 1. The first-order valence-corrected chi connectivity index (χ1v) is 15.2. The van der Waals surface area contributed by atoms with E-state index in [0.29, 0.717) is 51.0 Å². The van der Waals surface area contributed by atoms with E-state index < -0.39 is 0 Å². The molecule has 1 amide bonds. The molecular weight excluding hydrogens is 574 g/mol. The van der Waals surface area contributed by atoms with Crippen LogP contribution in [-0.2, 0) is 32.1 Å². The molecule has 2 aliphatic rings. The normalized spacial score (nSPS) is 17.5. The van der Waals surface area contributed by atoms with E-state index in [1.165, 1.54) is 0 Å². The second-order valence-corrected chi connectivity index (χ2v) is 11.1. The number of para-hydroxylation sites is 2. The van der Waals surface area contributed by atoms with Crippen LogP contribution >= 0.6 is 0 Å². The fourth-order valence-electron chi connectivity index (χ4n) is 5.82. The predicted molar refractivity (Wildman–Crippen MR) is 169 cm³/mol. The first-order chi connectivity index (χ1) is 21.9. The van der Waals surface area contributed by atoms with E-state index in [0.717, 1.165) is 40.0 Å². The Labute approximate surface area is 264 Å². The molecular formula is C35H41N3O7. The monoisotopic (exact) mass is 615 g/mol. The zero-order valence-corrected chi connectivity index (χ0v) is 26.1. The Morgan fingerprint density at radius 3 is 2.36 bits per heavy atom. The summed E-state index contributed by atoms with van der Waals surface area (Å²) < 4.78 is 28.2. The number of nitrogens with zero attached hydrogens (tertiary/aromatic N) is 2. The molecule has 3 heterocycles. The molecule has 0 saturated carbocycles. The average Bonchev–Trinajstić information content (AvgIpc) is 3.06. The summed E-state index contributed by atoms with van der Waals surface area (Å²) in [6.07, 6.45) is 3.32. The van der Waals surface area contributed by atoms with Gasteiger partial charge in [0, 0.05) is 55.9 Å². The van der Waals surface area contributed by atoms with Crippen molar-refractivity contribution >= 4 is 17.4 Å². The fourth-order valence-corrected chi connectivity index (χ4v) is 5.82. The maximum atomic E-state index is 12.9. The van der Waals surface area contributed by atoms with E-state index in [1.54, 1.807) is 21.1 Å². The largest absolute Gasteiger partial charge is 0.496 e. The maximum absolute atomic E-state index is 12.9. The van der Waals surface area contributed by atoms with Crippen molar-refractivity contribution in [2.24, 2.45) is 0 Å². The summed E-state index contributed by atoms with van der Waals surface area (Å²) in [5.74, 6) is 1.69. The smallest absolute Gasteiger partial charge is 0.310 e. The highest BCUT2D eigenvalue weighted by Crippen LogP contribution is 2.33. The van der Waals surface area contributed by atoms with Crippen molar-refractivity contribution in [1.29, 1.82) is 0 Å². The number of piperazine rings is 1. The van der Waals surface area contributed by atoms with Crippen molar-refractivity contribution in [2.75, 3.05) is 47.1 Å². The van der Waals surface area contributed by atoms with E-state index in [9.17, 15) is 9.59 Å². The number of nitrogens with one attached hydrogen (secondary N) is 1. The molecule has 3 aromatic rings. The predicted octanol–water partition coefficient (Wildman–Crippen LogP) is 4.22. The summed E-state index contributed by atoms with van der Waals surface area (Å²) in [4.78, 5) is 31.6. The lowest BCUT2D eigenvalue weighted by Gasteiger charge is -2.44. The lowest BCUT2D eigenvalue weighted by molar-refractivity contribution is -0.142. The van der Waals surface area contributed by atoms with E-state index in [-0.39, 0.29) is 37.0 Å². The molecule has 0 aliphatic carbocycles.